The summed E-state index contributed by atoms with van der Waals surface area (Å²) in [5, 5.41) is 0. The zero-order chi connectivity index (χ0) is 9.02. The molecule has 0 N–H and O–H groups in total. The van der Waals surface area contributed by atoms with Gasteiger partial charge >= 0.3 is 0 Å². The molecule has 0 spiro atoms. The van der Waals surface area contributed by atoms with E-state index in [2.05, 4.69) is 0 Å². The van der Waals surface area contributed by atoms with Gasteiger partial charge in [-0.2, -0.15) is 0 Å². The van der Waals surface area contributed by atoms with Crippen molar-refractivity contribution in [3.63, 3.8) is 0 Å². The predicted molar refractivity (Wildman–Crippen MR) is 47.3 cm³/mol. The van der Waals surface area contributed by atoms with Gasteiger partial charge in [-0.1, -0.05) is 13.8 Å². The van der Waals surface area contributed by atoms with Crippen molar-refractivity contribution in [2.45, 2.75) is 20.8 Å². The Bertz CT molecular complexity index is 168. The number of hydrogen-bond donors (Lipinski definition) is 0. The van der Waals surface area contributed by atoms with Crippen molar-refractivity contribution >= 4 is 5.78 Å². The van der Waals surface area contributed by atoms with E-state index in [9.17, 15) is 4.79 Å². The van der Waals surface area contributed by atoms with Crippen LogP contribution in [0.1, 0.15) is 20.8 Å². The van der Waals surface area contributed by atoms with Gasteiger partial charge in [0.1, 0.15) is 0 Å². The SMILES string of the molecule is C/C(=C\C(=O)C(C)C)N(C)C. The Morgan fingerprint density at radius 3 is 2.09 bits per heavy atom. The van der Waals surface area contributed by atoms with E-state index >= 15 is 0 Å². The van der Waals surface area contributed by atoms with E-state index in [0.29, 0.717) is 0 Å². The molecule has 0 atom stereocenters. The van der Waals surface area contributed by atoms with Gasteiger partial charge in [-0.25, -0.2) is 0 Å². The van der Waals surface area contributed by atoms with Crippen LogP contribution in [0.25, 0.3) is 0 Å². The van der Waals surface area contributed by atoms with Crippen LogP contribution in [0.15, 0.2) is 11.8 Å². The van der Waals surface area contributed by atoms with Crippen molar-refractivity contribution in [3.8, 4) is 0 Å². The first-order valence-electron chi connectivity index (χ1n) is 3.84. The standard InChI is InChI=1S/C9H17NO/c1-7(2)9(11)6-8(3)10(4)5/h6-7H,1-5H3/b8-6+. The first kappa shape index (κ1) is 10.2. The number of nitrogens with zero attached hydrogens (tertiary/aromatic N) is 1. The fourth-order valence-electron chi connectivity index (χ4n) is 0.502. The Morgan fingerprint density at radius 2 is 1.82 bits per heavy atom. The van der Waals surface area contributed by atoms with Crippen molar-refractivity contribution in [3.05, 3.63) is 11.8 Å². The first-order chi connectivity index (χ1) is 4.95. The number of hydrogen-bond acceptors (Lipinski definition) is 2. The van der Waals surface area contributed by atoms with Gasteiger partial charge in [-0.3, -0.25) is 4.79 Å². The van der Waals surface area contributed by atoms with Crippen LogP contribution in [-0.4, -0.2) is 24.8 Å². The third kappa shape index (κ3) is 3.81. The minimum absolute atomic E-state index is 0.102. The average molecular weight is 155 g/mol. The van der Waals surface area contributed by atoms with Gasteiger partial charge in [-0.05, 0) is 6.92 Å². The molecule has 11 heavy (non-hydrogen) atoms. The third-order valence-corrected chi connectivity index (χ3v) is 1.63. The second-order valence-corrected chi connectivity index (χ2v) is 3.24. The quantitative estimate of drug-likeness (QED) is 0.578. The smallest absolute Gasteiger partial charge is 0.159 e. The molecule has 0 rings (SSSR count). The van der Waals surface area contributed by atoms with Crippen LogP contribution in [0.3, 0.4) is 0 Å². The summed E-state index contributed by atoms with van der Waals surface area (Å²) in [5.74, 6) is 0.293. The molecule has 0 aliphatic carbocycles. The van der Waals surface area contributed by atoms with E-state index in [-0.39, 0.29) is 11.7 Å². The van der Waals surface area contributed by atoms with E-state index in [1.165, 1.54) is 0 Å². The summed E-state index contributed by atoms with van der Waals surface area (Å²) >= 11 is 0. The lowest BCUT2D eigenvalue weighted by molar-refractivity contribution is -0.117. The molecule has 0 amide bonds. The Kier molecular flexibility index (Phi) is 3.86. The normalized spacial score (nSPS) is 12.0. The summed E-state index contributed by atoms with van der Waals surface area (Å²) in [5.41, 5.74) is 1.00. The molecule has 2 heteroatoms. The van der Waals surface area contributed by atoms with Crippen molar-refractivity contribution in [2.75, 3.05) is 14.1 Å². The van der Waals surface area contributed by atoms with Crippen molar-refractivity contribution in [1.82, 2.24) is 4.90 Å². The molecule has 64 valence electrons. The molecule has 0 aromatic heterocycles. The van der Waals surface area contributed by atoms with Gasteiger partial charge in [0.2, 0.25) is 0 Å². The lowest BCUT2D eigenvalue weighted by atomic mass is 10.1. The van der Waals surface area contributed by atoms with Crippen LogP contribution in [0.4, 0.5) is 0 Å². The molecular weight excluding hydrogens is 138 g/mol. The van der Waals surface area contributed by atoms with Crippen molar-refractivity contribution in [1.29, 1.82) is 0 Å². The molecule has 0 saturated heterocycles. The zero-order valence-electron chi connectivity index (χ0n) is 8.01. The number of ketones is 1. The highest BCUT2D eigenvalue weighted by molar-refractivity contribution is 5.91. The largest absolute Gasteiger partial charge is 0.381 e. The number of carbonyl (C=O) groups excluding carboxylic acids is 1. The molecule has 0 heterocycles. The van der Waals surface area contributed by atoms with Crippen LogP contribution in [0.2, 0.25) is 0 Å². The fourth-order valence-corrected chi connectivity index (χ4v) is 0.502. The Morgan fingerprint density at radius 1 is 1.36 bits per heavy atom. The van der Waals surface area contributed by atoms with E-state index in [4.69, 9.17) is 0 Å². The first-order valence-corrected chi connectivity index (χ1v) is 3.84. The maximum atomic E-state index is 11.2. The number of carbonyl (C=O) groups is 1. The number of allylic oxidation sites excluding steroid dienone is 2. The third-order valence-electron chi connectivity index (χ3n) is 1.63. The van der Waals surface area contributed by atoms with E-state index < -0.39 is 0 Å². The molecule has 0 saturated carbocycles. The Balaban J connectivity index is 4.20. The van der Waals surface area contributed by atoms with Crippen molar-refractivity contribution < 1.29 is 4.79 Å². The molecule has 2 nitrogen and oxygen atoms in total. The second-order valence-electron chi connectivity index (χ2n) is 3.24. The summed E-state index contributed by atoms with van der Waals surface area (Å²) in [7, 11) is 3.86. The fraction of sp³-hybridized carbons (Fsp3) is 0.667. The summed E-state index contributed by atoms with van der Waals surface area (Å²) in [6.45, 7) is 5.74. The topological polar surface area (TPSA) is 20.3 Å². The molecule has 0 fully saturated rings. The van der Waals surface area contributed by atoms with Crippen LogP contribution in [0.5, 0.6) is 0 Å². The molecule has 0 unspecified atom stereocenters. The molecule has 0 bridgehead atoms. The maximum absolute atomic E-state index is 11.2. The Hall–Kier alpha value is -0.790. The minimum atomic E-state index is 0.102. The Labute approximate surface area is 68.9 Å². The van der Waals surface area contributed by atoms with Gasteiger partial charge < -0.3 is 4.90 Å². The highest BCUT2D eigenvalue weighted by Crippen LogP contribution is 2.01. The lowest BCUT2D eigenvalue weighted by Crippen LogP contribution is -2.12. The van der Waals surface area contributed by atoms with E-state index in [1.54, 1.807) is 6.08 Å². The highest BCUT2D eigenvalue weighted by atomic mass is 16.1. The summed E-state index contributed by atoms with van der Waals surface area (Å²) in [4.78, 5) is 13.1. The maximum Gasteiger partial charge on any atom is 0.159 e. The van der Waals surface area contributed by atoms with Gasteiger partial charge in [0.05, 0.1) is 0 Å². The van der Waals surface area contributed by atoms with E-state index in [0.717, 1.165) is 5.70 Å². The summed E-state index contributed by atoms with van der Waals surface area (Å²) in [6, 6.07) is 0. The lowest BCUT2D eigenvalue weighted by Gasteiger charge is -2.12. The van der Waals surface area contributed by atoms with Crippen LogP contribution >= 0.6 is 0 Å². The minimum Gasteiger partial charge on any atom is -0.381 e. The average Bonchev–Trinajstić information content (AvgIpc) is 1.87. The van der Waals surface area contributed by atoms with Gasteiger partial charge in [0.15, 0.2) is 5.78 Å². The highest BCUT2D eigenvalue weighted by Gasteiger charge is 2.03. The molecule has 0 aromatic rings. The van der Waals surface area contributed by atoms with E-state index in [1.807, 2.05) is 39.8 Å². The second kappa shape index (κ2) is 4.16. The van der Waals surface area contributed by atoms with Crippen LogP contribution < -0.4 is 0 Å². The van der Waals surface area contributed by atoms with Crippen molar-refractivity contribution in [2.24, 2.45) is 5.92 Å². The van der Waals surface area contributed by atoms with Gasteiger partial charge in [0.25, 0.3) is 0 Å². The predicted octanol–water partition coefficient (Wildman–Crippen LogP) is 1.68. The van der Waals surface area contributed by atoms with Crippen LogP contribution in [-0.2, 0) is 4.79 Å². The van der Waals surface area contributed by atoms with Gasteiger partial charge in [-0.15, -0.1) is 0 Å². The zero-order valence-corrected chi connectivity index (χ0v) is 8.01. The number of rotatable bonds is 3. The van der Waals surface area contributed by atoms with Crippen LogP contribution in [0, 0.1) is 5.92 Å². The molecule has 0 aliphatic heterocycles. The molecular formula is C9H17NO. The molecule has 0 aromatic carbocycles. The molecule has 0 radical (unpaired) electrons. The summed E-state index contributed by atoms with van der Waals surface area (Å²) < 4.78 is 0. The summed E-state index contributed by atoms with van der Waals surface area (Å²) in [6.07, 6.45) is 1.69. The monoisotopic (exact) mass is 155 g/mol. The molecule has 0 aliphatic rings. The van der Waals surface area contributed by atoms with Gasteiger partial charge in [0, 0.05) is 31.8 Å².